The molecule has 0 radical (unpaired) electrons. The molecular formula is C22H24FN3O. The smallest absolute Gasteiger partial charge is 0.158 e. The summed E-state index contributed by atoms with van der Waals surface area (Å²) in [5, 5.41) is 4.73. The molecule has 1 atom stereocenters. The summed E-state index contributed by atoms with van der Waals surface area (Å²) >= 11 is 0. The van der Waals surface area contributed by atoms with Crippen LogP contribution in [0.15, 0.2) is 36.4 Å². The minimum atomic E-state index is -0.224. The quantitative estimate of drug-likeness (QED) is 0.667. The SMILES string of the molecule is CNc1c(-c2ccc(F)c3ccccc23)nc(C2CCCO2)nc1C(C)C. The number of rotatable bonds is 4. The van der Waals surface area contributed by atoms with E-state index in [1.807, 2.05) is 31.3 Å². The maximum absolute atomic E-state index is 14.3. The van der Waals surface area contributed by atoms with Gasteiger partial charge in [0.05, 0.1) is 17.1 Å². The minimum Gasteiger partial charge on any atom is -0.385 e. The van der Waals surface area contributed by atoms with Crippen LogP contribution < -0.4 is 5.32 Å². The van der Waals surface area contributed by atoms with E-state index < -0.39 is 0 Å². The van der Waals surface area contributed by atoms with E-state index in [0.717, 1.165) is 53.3 Å². The molecule has 2 aromatic carbocycles. The molecule has 1 aliphatic heterocycles. The Morgan fingerprint density at radius 1 is 1.11 bits per heavy atom. The minimum absolute atomic E-state index is 0.0705. The molecule has 1 saturated heterocycles. The van der Waals surface area contributed by atoms with Crippen molar-refractivity contribution in [2.45, 2.75) is 38.7 Å². The van der Waals surface area contributed by atoms with Crippen LogP contribution in [0.2, 0.25) is 0 Å². The first kappa shape index (κ1) is 17.9. The highest BCUT2D eigenvalue weighted by Gasteiger charge is 2.25. The fourth-order valence-corrected chi connectivity index (χ4v) is 3.75. The fourth-order valence-electron chi connectivity index (χ4n) is 3.75. The summed E-state index contributed by atoms with van der Waals surface area (Å²) in [4.78, 5) is 9.73. The van der Waals surface area contributed by atoms with Gasteiger partial charge in [0.1, 0.15) is 11.9 Å². The Hall–Kier alpha value is -2.53. The molecule has 4 rings (SSSR count). The van der Waals surface area contributed by atoms with Crippen LogP contribution in [0.25, 0.3) is 22.0 Å². The normalized spacial score (nSPS) is 17.0. The zero-order valence-corrected chi connectivity index (χ0v) is 15.9. The zero-order chi connectivity index (χ0) is 19.0. The van der Waals surface area contributed by atoms with Crippen LogP contribution in [0.3, 0.4) is 0 Å². The Labute approximate surface area is 158 Å². The Balaban J connectivity index is 2.00. The summed E-state index contributed by atoms with van der Waals surface area (Å²) in [5.74, 6) is 0.720. The number of fused-ring (bicyclic) bond motifs is 1. The third kappa shape index (κ3) is 3.16. The molecule has 5 heteroatoms. The molecule has 1 aliphatic rings. The summed E-state index contributed by atoms with van der Waals surface area (Å²) in [7, 11) is 1.88. The van der Waals surface area contributed by atoms with Crippen molar-refractivity contribution in [2.75, 3.05) is 19.0 Å². The van der Waals surface area contributed by atoms with Crippen LogP contribution in [0, 0.1) is 5.82 Å². The summed E-state index contributed by atoms with van der Waals surface area (Å²) in [5.41, 5.74) is 3.56. The molecule has 1 aromatic heterocycles. The number of anilines is 1. The predicted octanol–water partition coefficient (Wildman–Crippen LogP) is 5.45. The van der Waals surface area contributed by atoms with Crippen molar-refractivity contribution >= 4 is 16.5 Å². The maximum atomic E-state index is 14.3. The highest BCUT2D eigenvalue weighted by molar-refractivity contribution is 5.99. The average Bonchev–Trinajstić information content (AvgIpc) is 3.22. The highest BCUT2D eigenvalue weighted by Crippen LogP contribution is 2.38. The van der Waals surface area contributed by atoms with Gasteiger partial charge in [-0.05, 0) is 36.3 Å². The van der Waals surface area contributed by atoms with Crippen LogP contribution in [-0.2, 0) is 4.74 Å². The molecule has 3 aromatic rings. The molecule has 140 valence electrons. The molecule has 1 N–H and O–H groups in total. The summed E-state index contributed by atoms with van der Waals surface area (Å²) < 4.78 is 20.2. The Bertz CT molecular complexity index is 981. The van der Waals surface area contributed by atoms with Crippen molar-refractivity contribution in [2.24, 2.45) is 0 Å². The average molecular weight is 365 g/mol. The first-order valence-corrected chi connectivity index (χ1v) is 9.49. The van der Waals surface area contributed by atoms with Crippen LogP contribution in [-0.4, -0.2) is 23.6 Å². The standard InChI is InChI=1S/C22H24FN3O/c1-13(2)19-21(24-3)20(26-22(25-19)18-9-6-12-27-18)16-10-11-17(23)15-8-5-4-7-14(15)16/h4-5,7-8,10-11,13,18,24H,6,9,12H2,1-3H3. The number of hydrogen-bond donors (Lipinski definition) is 1. The summed E-state index contributed by atoms with van der Waals surface area (Å²) in [6.45, 7) is 4.98. The van der Waals surface area contributed by atoms with Gasteiger partial charge >= 0.3 is 0 Å². The lowest BCUT2D eigenvalue weighted by molar-refractivity contribution is 0.105. The Morgan fingerprint density at radius 3 is 2.56 bits per heavy atom. The van der Waals surface area contributed by atoms with Crippen molar-refractivity contribution in [1.82, 2.24) is 9.97 Å². The molecule has 4 nitrogen and oxygen atoms in total. The Morgan fingerprint density at radius 2 is 1.89 bits per heavy atom. The fraction of sp³-hybridized carbons (Fsp3) is 0.364. The van der Waals surface area contributed by atoms with E-state index in [-0.39, 0.29) is 17.8 Å². The van der Waals surface area contributed by atoms with Crippen molar-refractivity contribution in [1.29, 1.82) is 0 Å². The molecular weight excluding hydrogens is 341 g/mol. The molecule has 1 unspecified atom stereocenters. The Kier molecular flexibility index (Phi) is 4.79. The van der Waals surface area contributed by atoms with E-state index in [0.29, 0.717) is 5.39 Å². The van der Waals surface area contributed by atoms with E-state index in [1.54, 1.807) is 6.07 Å². The molecule has 1 fully saturated rings. The van der Waals surface area contributed by atoms with Gasteiger partial charge in [0.15, 0.2) is 5.82 Å². The summed E-state index contributed by atoms with van der Waals surface area (Å²) in [6, 6.07) is 10.8. The molecule has 27 heavy (non-hydrogen) atoms. The largest absolute Gasteiger partial charge is 0.385 e. The molecule has 0 aliphatic carbocycles. The zero-order valence-electron chi connectivity index (χ0n) is 15.9. The van der Waals surface area contributed by atoms with Gasteiger partial charge in [-0.1, -0.05) is 38.1 Å². The van der Waals surface area contributed by atoms with Gasteiger partial charge in [-0.3, -0.25) is 0 Å². The number of nitrogens with one attached hydrogen (secondary N) is 1. The van der Waals surface area contributed by atoms with Crippen LogP contribution in [0.5, 0.6) is 0 Å². The molecule has 0 bridgehead atoms. The second-order valence-electron chi connectivity index (χ2n) is 7.24. The monoisotopic (exact) mass is 365 g/mol. The van der Waals surface area contributed by atoms with Crippen LogP contribution in [0.4, 0.5) is 10.1 Å². The molecule has 0 saturated carbocycles. The van der Waals surface area contributed by atoms with Gasteiger partial charge in [0, 0.05) is 24.6 Å². The van der Waals surface area contributed by atoms with Gasteiger partial charge in [-0.25, -0.2) is 14.4 Å². The number of ether oxygens (including phenoxy) is 1. The van der Waals surface area contributed by atoms with Crippen molar-refractivity contribution in [3.8, 4) is 11.3 Å². The third-order valence-corrected chi connectivity index (χ3v) is 5.09. The van der Waals surface area contributed by atoms with Crippen LogP contribution >= 0.6 is 0 Å². The number of halogens is 1. The second-order valence-corrected chi connectivity index (χ2v) is 7.24. The van der Waals surface area contributed by atoms with Crippen molar-refractivity contribution in [3.63, 3.8) is 0 Å². The van der Waals surface area contributed by atoms with E-state index in [9.17, 15) is 4.39 Å². The van der Waals surface area contributed by atoms with E-state index in [1.165, 1.54) is 6.07 Å². The third-order valence-electron chi connectivity index (χ3n) is 5.09. The van der Waals surface area contributed by atoms with Crippen molar-refractivity contribution in [3.05, 3.63) is 53.7 Å². The van der Waals surface area contributed by atoms with Gasteiger partial charge < -0.3 is 10.1 Å². The van der Waals surface area contributed by atoms with Gasteiger partial charge in [-0.15, -0.1) is 0 Å². The van der Waals surface area contributed by atoms with Gasteiger partial charge in [-0.2, -0.15) is 0 Å². The molecule has 0 spiro atoms. The predicted molar refractivity (Wildman–Crippen MR) is 106 cm³/mol. The first-order chi connectivity index (χ1) is 13.1. The lowest BCUT2D eigenvalue weighted by Crippen LogP contribution is -2.12. The first-order valence-electron chi connectivity index (χ1n) is 9.49. The number of hydrogen-bond acceptors (Lipinski definition) is 4. The second kappa shape index (κ2) is 7.24. The van der Waals surface area contributed by atoms with Gasteiger partial charge in [0.2, 0.25) is 0 Å². The lowest BCUT2D eigenvalue weighted by Gasteiger charge is -2.20. The topological polar surface area (TPSA) is 47.0 Å². The number of benzene rings is 2. The van der Waals surface area contributed by atoms with E-state index in [2.05, 4.69) is 19.2 Å². The number of aromatic nitrogens is 2. The molecule has 2 heterocycles. The lowest BCUT2D eigenvalue weighted by atomic mass is 9.97. The number of nitrogens with zero attached hydrogens (tertiary/aromatic N) is 2. The van der Waals surface area contributed by atoms with Gasteiger partial charge in [0.25, 0.3) is 0 Å². The highest BCUT2D eigenvalue weighted by atomic mass is 19.1. The maximum Gasteiger partial charge on any atom is 0.158 e. The van der Waals surface area contributed by atoms with E-state index in [4.69, 9.17) is 14.7 Å². The summed E-state index contributed by atoms with van der Waals surface area (Å²) in [6.07, 6.45) is 1.88. The van der Waals surface area contributed by atoms with Crippen molar-refractivity contribution < 1.29 is 9.13 Å². The van der Waals surface area contributed by atoms with E-state index >= 15 is 0 Å². The van der Waals surface area contributed by atoms with Crippen LogP contribution in [0.1, 0.15) is 50.2 Å². The molecule has 0 amide bonds.